The maximum Gasteiger partial charge on any atom is 0.323 e. The molecule has 2 aromatic rings. The normalized spacial score (nSPS) is 10.3. The monoisotopic (exact) mass is 311 g/mol. The molecule has 0 aliphatic carbocycles. The van der Waals surface area contributed by atoms with Crippen LogP contribution in [0.15, 0.2) is 18.2 Å². The predicted molar refractivity (Wildman–Crippen MR) is 79.9 cm³/mol. The third-order valence-electron chi connectivity index (χ3n) is 2.40. The highest BCUT2D eigenvalue weighted by Crippen LogP contribution is 2.22. The lowest BCUT2D eigenvalue weighted by Crippen LogP contribution is -2.09. The zero-order valence-corrected chi connectivity index (χ0v) is 12.4. The number of ether oxygens (including phenoxy) is 1. The van der Waals surface area contributed by atoms with Gasteiger partial charge in [0.15, 0.2) is 0 Å². The molecule has 8 heteroatoms. The summed E-state index contributed by atoms with van der Waals surface area (Å²) >= 11 is 5.71. The maximum absolute atomic E-state index is 13.8. The van der Waals surface area contributed by atoms with E-state index in [0.717, 1.165) is 0 Å². The highest BCUT2D eigenvalue weighted by Gasteiger charge is 2.09. The Labute approximate surface area is 126 Å². The lowest BCUT2D eigenvalue weighted by Gasteiger charge is -2.10. The largest absolute Gasteiger partial charge is 0.464 e. The van der Waals surface area contributed by atoms with Crippen LogP contribution < -0.4 is 15.4 Å². The van der Waals surface area contributed by atoms with Crippen molar-refractivity contribution in [3.05, 3.63) is 29.0 Å². The summed E-state index contributed by atoms with van der Waals surface area (Å²) in [6.45, 7) is 4.80. The number of halogens is 2. The lowest BCUT2D eigenvalue weighted by molar-refractivity contribution is 0.312. The highest BCUT2D eigenvalue weighted by atomic mass is 35.5. The van der Waals surface area contributed by atoms with Crippen molar-refractivity contribution in [2.24, 2.45) is 0 Å². The van der Waals surface area contributed by atoms with E-state index in [1.165, 1.54) is 12.1 Å². The van der Waals surface area contributed by atoms with Gasteiger partial charge >= 0.3 is 6.01 Å². The third kappa shape index (κ3) is 4.16. The van der Waals surface area contributed by atoms with Gasteiger partial charge in [-0.05, 0) is 32.0 Å². The highest BCUT2D eigenvalue weighted by molar-refractivity contribution is 6.30. The van der Waals surface area contributed by atoms with E-state index in [-0.39, 0.29) is 17.6 Å². The fraction of sp³-hybridized carbons (Fsp3) is 0.308. The Bertz CT molecular complexity index is 601. The van der Waals surface area contributed by atoms with E-state index in [0.29, 0.717) is 24.1 Å². The summed E-state index contributed by atoms with van der Waals surface area (Å²) in [5.41, 5.74) is 0.218. The summed E-state index contributed by atoms with van der Waals surface area (Å²) in [5, 5.41) is 6.06. The average Bonchev–Trinajstić information content (AvgIpc) is 2.42. The second kappa shape index (κ2) is 7.03. The number of benzene rings is 1. The molecule has 0 saturated heterocycles. The van der Waals surface area contributed by atoms with E-state index < -0.39 is 5.82 Å². The first-order valence-corrected chi connectivity index (χ1v) is 6.85. The Morgan fingerprint density at radius 3 is 2.62 bits per heavy atom. The Morgan fingerprint density at radius 1 is 1.19 bits per heavy atom. The molecule has 2 rings (SSSR count). The van der Waals surface area contributed by atoms with Crippen molar-refractivity contribution >= 4 is 29.2 Å². The fourth-order valence-electron chi connectivity index (χ4n) is 1.55. The second-order valence-corrected chi connectivity index (χ2v) is 4.41. The molecular formula is C13H15ClFN5O. The summed E-state index contributed by atoms with van der Waals surface area (Å²) in [5.74, 6) is 0.0457. The summed E-state index contributed by atoms with van der Waals surface area (Å²) in [4.78, 5) is 12.3. The van der Waals surface area contributed by atoms with E-state index >= 15 is 0 Å². The van der Waals surface area contributed by atoms with E-state index in [1.807, 2.05) is 13.8 Å². The molecule has 1 heterocycles. The molecule has 1 aromatic heterocycles. The standard InChI is InChI=1S/C13H15ClFN5O/c1-3-16-11-18-12(20-13(19-11)21-4-2)17-10-6-5-8(14)7-9(10)15/h5-7H,3-4H2,1-2H3,(H2,16,17,18,19,20). The van der Waals surface area contributed by atoms with Crippen LogP contribution in [0.1, 0.15) is 13.8 Å². The van der Waals surface area contributed by atoms with Crippen molar-refractivity contribution in [1.82, 2.24) is 15.0 Å². The van der Waals surface area contributed by atoms with Gasteiger partial charge in [0.25, 0.3) is 0 Å². The van der Waals surface area contributed by atoms with Crippen LogP contribution in [0.3, 0.4) is 0 Å². The molecule has 0 aliphatic heterocycles. The van der Waals surface area contributed by atoms with Gasteiger partial charge in [-0.15, -0.1) is 0 Å². The van der Waals surface area contributed by atoms with E-state index in [1.54, 1.807) is 6.07 Å². The number of hydrogen-bond acceptors (Lipinski definition) is 6. The first kappa shape index (κ1) is 15.2. The van der Waals surface area contributed by atoms with E-state index in [9.17, 15) is 4.39 Å². The number of hydrogen-bond donors (Lipinski definition) is 2. The number of nitrogens with one attached hydrogen (secondary N) is 2. The van der Waals surface area contributed by atoms with Gasteiger partial charge < -0.3 is 15.4 Å². The second-order valence-electron chi connectivity index (χ2n) is 3.98. The zero-order chi connectivity index (χ0) is 15.2. The molecule has 0 saturated carbocycles. The van der Waals surface area contributed by atoms with Crippen LogP contribution >= 0.6 is 11.6 Å². The summed E-state index contributed by atoms with van der Waals surface area (Å²) < 4.78 is 19.0. The molecular weight excluding hydrogens is 297 g/mol. The van der Waals surface area contributed by atoms with Crippen molar-refractivity contribution in [2.75, 3.05) is 23.8 Å². The zero-order valence-electron chi connectivity index (χ0n) is 11.7. The quantitative estimate of drug-likeness (QED) is 0.853. The topological polar surface area (TPSA) is 72.0 Å². The SMILES string of the molecule is CCNc1nc(Nc2ccc(Cl)cc2F)nc(OCC)n1. The van der Waals surface area contributed by atoms with Crippen LogP contribution in [0.25, 0.3) is 0 Å². The summed E-state index contributed by atoms with van der Waals surface area (Å²) in [6.07, 6.45) is 0. The first-order chi connectivity index (χ1) is 10.1. The molecule has 0 spiro atoms. The van der Waals surface area contributed by atoms with Crippen LogP contribution in [0, 0.1) is 5.82 Å². The van der Waals surface area contributed by atoms with Gasteiger partial charge in [-0.1, -0.05) is 11.6 Å². The number of rotatable bonds is 6. The molecule has 0 radical (unpaired) electrons. The predicted octanol–water partition coefficient (Wildman–Crippen LogP) is 3.24. The maximum atomic E-state index is 13.8. The van der Waals surface area contributed by atoms with E-state index in [4.69, 9.17) is 16.3 Å². The van der Waals surface area contributed by atoms with E-state index in [2.05, 4.69) is 25.6 Å². The van der Waals surface area contributed by atoms with Crippen molar-refractivity contribution in [2.45, 2.75) is 13.8 Å². The third-order valence-corrected chi connectivity index (χ3v) is 2.64. The van der Waals surface area contributed by atoms with Crippen molar-refractivity contribution < 1.29 is 9.13 Å². The van der Waals surface area contributed by atoms with Gasteiger partial charge in [-0.2, -0.15) is 15.0 Å². The van der Waals surface area contributed by atoms with Gasteiger partial charge in [0.2, 0.25) is 11.9 Å². The van der Waals surface area contributed by atoms with Crippen molar-refractivity contribution in [3.63, 3.8) is 0 Å². The molecule has 2 N–H and O–H groups in total. The summed E-state index contributed by atoms with van der Waals surface area (Å²) in [7, 11) is 0. The minimum Gasteiger partial charge on any atom is -0.464 e. The Hall–Kier alpha value is -2.15. The molecule has 1 aromatic carbocycles. The van der Waals surface area contributed by atoms with Crippen molar-refractivity contribution in [1.29, 1.82) is 0 Å². The van der Waals surface area contributed by atoms with Gasteiger partial charge in [0.1, 0.15) is 5.82 Å². The number of anilines is 3. The molecule has 0 aliphatic rings. The van der Waals surface area contributed by atoms with Crippen molar-refractivity contribution in [3.8, 4) is 6.01 Å². The smallest absolute Gasteiger partial charge is 0.323 e. The molecule has 0 amide bonds. The molecule has 112 valence electrons. The first-order valence-electron chi connectivity index (χ1n) is 6.47. The Balaban J connectivity index is 2.29. The van der Waals surface area contributed by atoms with Gasteiger partial charge in [-0.25, -0.2) is 4.39 Å². The number of aromatic nitrogens is 3. The van der Waals surface area contributed by atoms with Crippen LogP contribution in [0.2, 0.25) is 5.02 Å². The van der Waals surface area contributed by atoms with Crippen LogP contribution in [0.4, 0.5) is 22.0 Å². The minimum absolute atomic E-state index is 0.167. The average molecular weight is 312 g/mol. The van der Waals surface area contributed by atoms with Gasteiger partial charge in [0.05, 0.1) is 12.3 Å². The minimum atomic E-state index is -0.495. The summed E-state index contributed by atoms with van der Waals surface area (Å²) in [6, 6.07) is 4.46. The Morgan fingerprint density at radius 2 is 1.95 bits per heavy atom. The molecule has 0 fully saturated rings. The lowest BCUT2D eigenvalue weighted by atomic mass is 10.3. The van der Waals surface area contributed by atoms with Crippen LogP contribution in [-0.4, -0.2) is 28.1 Å². The van der Waals surface area contributed by atoms with Gasteiger partial charge in [0, 0.05) is 11.6 Å². The molecule has 6 nitrogen and oxygen atoms in total. The molecule has 21 heavy (non-hydrogen) atoms. The fourth-order valence-corrected chi connectivity index (χ4v) is 1.71. The molecule has 0 bridgehead atoms. The molecule has 0 atom stereocenters. The van der Waals surface area contributed by atoms with Gasteiger partial charge in [-0.3, -0.25) is 0 Å². The molecule has 0 unspecified atom stereocenters. The number of nitrogens with zero attached hydrogens (tertiary/aromatic N) is 3. The van der Waals surface area contributed by atoms with Crippen LogP contribution in [-0.2, 0) is 0 Å². The van der Waals surface area contributed by atoms with Crippen LogP contribution in [0.5, 0.6) is 6.01 Å². The Kier molecular flexibility index (Phi) is 5.10.